The van der Waals surface area contributed by atoms with Gasteiger partial charge in [0.25, 0.3) is 0 Å². The summed E-state index contributed by atoms with van der Waals surface area (Å²) in [6.45, 7) is -0.256. The van der Waals surface area contributed by atoms with Crippen molar-refractivity contribution in [3.63, 3.8) is 0 Å². The van der Waals surface area contributed by atoms with Gasteiger partial charge in [0.2, 0.25) is 11.8 Å². The van der Waals surface area contributed by atoms with E-state index >= 15 is 0 Å². The van der Waals surface area contributed by atoms with Gasteiger partial charge in [-0.2, -0.15) is 12.6 Å². The average Bonchev–Trinajstić information content (AvgIpc) is 2.52. The number of benzene rings is 1. The Bertz CT molecular complexity index is 524. The molecule has 0 radical (unpaired) electrons. The van der Waals surface area contributed by atoms with Crippen molar-refractivity contribution < 1.29 is 19.5 Å². The minimum Gasteiger partial charge on any atom is -0.480 e. The molecule has 7 nitrogen and oxygen atoms in total. The number of hydrogen-bond donors (Lipinski definition) is 5. The Morgan fingerprint density at radius 1 is 1.14 bits per heavy atom. The highest BCUT2D eigenvalue weighted by Gasteiger charge is 2.25. The number of rotatable bonds is 8. The molecule has 1 aromatic carbocycles. The highest BCUT2D eigenvalue weighted by atomic mass is 32.1. The van der Waals surface area contributed by atoms with Gasteiger partial charge < -0.3 is 21.5 Å². The predicted molar refractivity (Wildman–Crippen MR) is 84.6 cm³/mol. The smallest absolute Gasteiger partial charge is 0.327 e. The lowest BCUT2D eigenvalue weighted by atomic mass is 10.0. The van der Waals surface area contributed by atoms with Crippen LogP contribution in [0.2, 0.25) is 0 Å². The van der Waals surface area contributed by atoms with E-state index in [4.69, 9.17) is 10.8 Å². The molecule has 5 N–H and O–H groups in total. The normalized spacial score (nSPS) is 13.0. The minimum absolute atomic E-state index is 0.0516. The lowest BCUT2D eigenvalue weighted by molar-refractivity contribution is -0.141. The van der Waals surface area contributed by atoms with Gasteiger partial charge in [-0.05, 0) is 5.56 Å². The van der Waals surface area contributed by atoms with Crippen LogP contribution in [0.15, 0.2) is 30.3 Å². The highest BCUT2D eigenvalue weighted by molar-refractivity contribution is 7.80. The summed E-state index contributed by atoms with van der Waals surface area (Å²) >= 11 is 3.88. The van der Waals surface area contributed by atoms with Crippen molar-refractivity contribution >= 4 is 30.4 Å². The molecular formula is C14H19N3O4S. The number of thiol groups is 1. The number of carbonyl (C=O) groups is 3. The van der Waals surface area contributed by atoms with Crippen LogP contribution in [0.25, 0.3) is 0 Å². The minimum atomic E-state index is -1.19. The molecule has 0 aromatic heterocycles. The number of carbonyl (C=O) groups excluding carboxylic acids is 2. The second-order valence-electron chi connectivity index (χ2n) is 4.60. The van der Waals surface area contributed by atoms with E-state index in [1.807, 2.05) is 30.3 Å². The second kappa shape index (κ2) is 9.06. The van der Waals surface area contributed by atoms with E-state index in [-0.39, 0.29) is 18.7 Å². The van der Waals surface area contributed by atoms with E-state index in [1.165, 1.54) is 0 Å². The van der Waals surface area contributed by atoms with Gasteiger partial charge >= 0.3 is 5.97 Å². The van der Waals surface area contributed by atoms with Gasteiger partial charge in [0.15, 0.2) is 0 Å². The van der Waals surface area contributed by atoms with E-state index in [0.717, 1.165) is 5.56 Å². The number of carboxylic acid groups (broad SMARTS) is 1. The Labute approximate surface area is 133 Å². The van der Waals surface area contributed by atoms with Crippen molar-refractivity contribution in [3.8, 4) is 0 Å². The monoisotopic (exact) mass is 325 g/mol. The molecule has 0 aliphatic heterocycles. The Morgan fingerprint density at radius 3 is 2.27 bits per heavy atom. The van der Waals surface area contributed by atoms with Crippen LogP contribution in [0.3, 0.4) is 0 Å². The van der Waals surface area contributed by atoms with Crippen molar-refractivity contribution in [1.29, 1.82) is 0 Å². The molecular weight excluding hydrogens is 306 g/mol. The van der Waals surface area contributed by atoms with Crippen LogP contribution in [0, 0.1) is 0 Å². The SMILES string of the molecule is NCC(=O)N[C@@H](Cc1ccccc1)C(=O)NC(CS)C(=O)O. The number of nitrogens with two attached hydrogens (primary N) is 1. The summed E-state index contributed by atoms with van der Waals surface area (Å²) in [4.78, 5) is 34.6. The van der Waals surface area contributed by atoms with Crippen LogP contribution in [0.4, 0.5) is 0 Å². The fourth-order valence-corrected chi connectivity index (χ4v) is 2.02. The Hall–Kier alpha value is -2.06. The maximum Gasteiger partial charge on any atom is 0.327 e. The average molecular weight is 325 g/mol. The number of aliphatic carboxylic acids is 1. The maximum absolute atomic E-state index is 12.2. The first-order valence-electron chi connectivity index (χ1n) is 6.65. The van der Waals surface area contributed by atoms with Gasteiger partial charge in [-0.1, -0.05) is 30.3 Å². The highest BCUT2D eigenvalue weighted by Crippen LogP contribution is 2.04. The summed E-state index contributed by atoms with van der Waals surface area (Å²) in [5.74, 6) is -2.32. The zero-order valence-electron chi connectivity index (χ0n) is 11.9. The lowest BCUT2D eigenvalue weighted by Crippen LogP contribution is -2.53. The van der Waals surface area contributed by atoms with E-state index < -0.39 is 29.9 Å². The molecule has 0 spiro atoms. The molecule has 1 unspecified atom stereocenters. The molecule has 0 bridgehead atoms. The van der Waals surface area contributed by atoms with Crippen LogP contribution < -0.4 is 16.4 Å². The third-order valence-corrected chi connectivity index (χ3v) is 3.28. The second-order valence-corrected chi connectivity index (χ2v) is 4.96. The topological polar surface area (TPSA) is 122 Å². The van der Waals surface area contributed by atoms with Crippen molar-refractivity contribution in [2.45, 2.75) is 18.5 Å². The zero-order chi connectivity index (χ0) is 16.5. The summed E-state index contributed by atoms with van der Waals surface area (Å²) in [6.07, 6.45) is 0.233. The molecule has 22 heavy (non-hydrogen) atoms. The van der Waals surface area contributed by atoms with Crippen molar-refractivity contribution in [2.75, 3.05) is 12.3 Å². The number of carboxylic acids is 1. The molecule has 2 amide bonds. The van der Waals surface area contributed by atoms with Crippen molar-refractivity contribution in [3.05, 3.63) is 35.9 Å². The van der Waals surface area contributed by atoms with Gasteiger partial charge in [-0.15, -0.1) is 0 Å². The molecule has 0 aliphatic carbocycles. The van der Waals surface area contributed by atoms with E-state index in [1.54, 1.807) is 0 Å². The molecule has 0 aliphatic rings. The zero-order valence-corrected chi connectivity index (χ0v) is 12.8. The summed E-state index contributed by atoms with van der Waals surface area (Å²) in [6, 6.07) is 7.04. The Balaban J connectivity index is 2.82. The summed E-state index contributed by atoms with van der Waals surface area (Å²) < 4.78 is 0. The largest absolute Gasteiger partial charge is 0.480 e. The van der Waals surface area contributed by atoms with Crippen molar-refractivity contribution in [2.24, 2.45) is 5.73 Å². The van der Waals surface area contributed by atoms with Crippen LogP contribution in [-0.2, 0) is 20.8 Å². The summed E-state index contributed by atoms with van der Waals surface area (Å²) in [5, 5.41) is 13.8. The van der Waals surface area contributed by atoms with Crippen LogP contribution in [-0.4, -0.2) is 47.3 Å². The molecule has 0 saturated carbocycles. The fraction of sp³-hybridized carbons (Fsp3) is 0.357. The molecule has 0 heterocycles. The van der Waals surface area contributed by atoms with Crippen LogP contribution in [0.1, 0.15) is 5.56 Å². The standard InChI is InChI=1S/C14H19N3O4S/c15-7-12(18)16-10(6-9-4-2-1-3-5-9)13(19)17-11(8-22)14(20)21/h1-5,10-11,22H,6-8,15H2,(H,16,18)(H,17,19)(H,20,21)/t10-,11?/m0/s1. The number of nitrogens with one attached hydrogen (secondary N) is 2. The van der Waals surface area contributed by atoms with Gasteiger partial charge in [-0.3, -0.25) is 9.59 Å². The summed E-state index contributed by atoms with van der Waals surface area (Å²) in [5.41, 5.74) is 6.07. The number of hydrogen-bond acceptors (Lipinski definition) is 5. The van der Waals surface area contributed by atoms with Gasteiger partial charge in [0.1, 0.15) is 12.1 Å². The molecule has 1 rings (SSSR count). The molecule has 8 heteroatoms. The van der Waals surface area contributed by atoms with E-state index in [2.05, 4.69) is 23.3 Å². The Kier molecular flexibility index (Phi) is 7.41. The van der Waals surface area contributed by atoms with Crippen LogP contribution >= 0.6 is 12.6 Å². The molecule has 0 saturated heterocycles. The van der Waals surface area contributed by atoms with E-state index in [9.17, 15) is 14.4 Å². The molecule has 120 valence electrons. The maximum atomic E-state index is 12.2. The first-order chi connectivity index (χ1) is 10.5. The fourth-order valence-electron chi connectivity index (χ4n) is 1.77. The molecule has 0 fully saturated rings. The third-order valence-electron chi connectivity index (χ3n) is 2.92. The van der Waals surface area contributed by atoms with Gasteiger partial charge in [-0.25, -0.2) is 4.79 Å². The summed E-state index contributed by atoms with van der Waals surface area (Å²) in [7, 11) is 0. The Morgan fingerprint density at radius 2 is 1.77 bits per heavy atom. The third kappa shape index (κ3) is 5.74. The van der Waals surface area contributed by atoms with Gasteiger partial charge in [0, 0.05) is 12.2 Å². The van der Waals surface area contributed by atoms with Crippen molar-refractivity contribution in [1.82, 2.24) is 10.6 Å². The van der Waals surface area contributed by atoms with Gasteiger partial charge in [0.05, 0.1) is 6.54 Å². The van der Waals surface area contributed by atoms with E-state index in [0.29, 0.717) is 0 Å². The quantitative estimate of drug-likeness (QED) is 0.400. The molecule has 1 aromatic rings. The first kappa shape index (κ1) is 18.0. The first-order valence-corrected chi connectivity index (χ1v) is 7.28. The van der Waals surface area contributed by atoms with Crippen LogP contribution in [0.5, 0.6) is 0 Å². The number of amides is 2. The lowest BCUT2D eigenvalue weighted by Gasteiger charge is -2.20. The predicted octanol–water partition coefficient (Wildman–Crippen LogP) is -0.828. The molecule has 2 atom stereocenters.